The highest BCUT2D eigenvalue weighted by atomic mass is 19.1. The molecule has 4 heterocycles. The Bertz CT molecular complexity index is 1940. The van der Waals surface area contributed by atoms with Gasteiger partial charge < -0.3 is 25.6 Å². The lowest BCUT2D eigenvalue weighted by atomic mass is 9.84. The molecule has 0 spiro atoms. The number of nitrogens with zero attached hydrogens (tertiary/aromatic N) is 4. The molecule has 1 atom stereocenters. The average Bonchev–Trinajstić information content (AvgIpc) is 3.59. The normalized spacial score (nSPS) is 14.3. The van der Waals surface area contributed by atoms with Crippen LogP contribution in [0.25, 0.3) is 55.7 Å². The Labute approximate surface area is 254 Å². The van der Waals surface area contributed by atoms with E-state index < -0.39 is 6.23 Å². The maximum atomic E-state index is 14.7. The quantitative estimate of drug-likeness (QED) is 0.116. The molecule has 1 saturated carbocycles. The van der Waals surface area contributed by atoms with E-state index in [9.17, 15) is 9.50 Å². The molecule has 5 N–H and O–H groups in total. The second-order valence-electron chi connectivity index (χ2n) is 11.8. The molecule has 0 aliphatic heterocycles. The van der Waals surface area contributed by atoms with Crippen molar-refractivity contribution in [2.45, 2.75) is 25.5 Å². The summed E-state index contributed by atoms with van der Waals surface area (Å²) in [6, 6.07) is 19.0. The van der Waals surface area contributed by atoms with E-state index in [1.54, 1.807) is 18.5 Å². The lowest BCUT2D eigenvalue weighted by molar-refractivity contribution is 0.0851. The third-order valence-corrected chi connectivity index (χ3v) is 8.37. The number of anilines is 2. The van der Waals surface area contributed by atoms with E-state index in [2.05, 4.69) is 35.7 Å². The highest BCUT2D eigenvalue weighted by Gasteiger charge is 2.25. The zero-order valence-corrected chi connectivity index (χ0v) is 24.7. The molecule has 1 aliphatic rings. The predicted molar refractivity (Wildman–Crippen MR) is 174 cm³/mol. The van der Waals surface area contributed by atoms with Crippen LogP contribution in [0.15, 0.2) is 73.1 Å². The van der Waals surface area contributed by atoms with Gasteiger partial charge in [-0.1, -0.05) is 18.6 Å². The first-order chi connectivity index (χ1) is 21.4. The molecule has 4 aromatic heterocycles. The molecule has 0 bridgehead atoms. The zero-order valence-electron chi connectivity index (χ0n) is 24.7. The fraction of sp³-hybridized carbons (Fsp3) is 0.265. The molecule has 2 aromatic carbocycles. The van der Waals surface area contributed by atoms with Crippen LogP contribution in [-0.2, 0) is 0 Å². The molecule has 6 aromatic rings. The Morgan fingerprint density at radius 3 is 2.68 bits per heavy atom. The Balaban J connectivity index is 1.21. The monoisotopic (exact) mass is 590 g/mol. The minimum atomic E-state index is -0.582. The van der Waals surface area contributed by atoms with Gasteiger partial charge in [0, 0.05) is 47.4 Å². The summed E-state index contributed by atoms with van der Waals surface area (Å²) in [5.41, 5.74) is 8.76. The topological polar surface area (TPSA) is 118 Å². The van der Waals surface area contributed by atoms with Crippen LogP contribution in [0.5, 0.6) is 0 Å². The lowest BCUT2D eigenvalue weighted by Crippen LogP contribution is -2.33. The van der Waals surface area contributed by atoms with E-state index in [1.165, 1.54) is 6.07 Å². The number of nitrogens with one attached hydrogen (secondary N) is 4. The Hall–Kier alpha value is -4.80. The van der Waals surface area contributed by atoms with Crippen molar-refractivity contribution in [3.8, 4) is 33.8 Å². The summed E-state index contributed by atoms with van der Waals surface area (Å²) < 4.78 is 14.7. The first-order valence-electron chi connectivity index (χ1n) is 15.0. The van der Waals surface area contributed by atoms with Crippen molar-refractivity contribution >= 4 is 33.3 Å². The van der Waals surface area contributed by atoms with Gasteiger partial charge in [-0.05, 0) is 86.6 Å². The van der Waals surface area contributed by atoms with Gasteiger partial charge in [0.1, 0.15) is 23.3 Å². The molecule has 7 rings (SSSR count). The maximum absolute atomic E-state index is 14.7. The summed E-state index contributed by atoms with van der Waals surface area (Å²) in [4.78, 5) is 14.9. The number of aromatic amines is 2. The third-order valence-electron chi connectivity index (χ3n) is 8.37. The standard InChI is InChI=1S/C34H35FN8O/c1-43(2)12-11-37-24-14-21(13-23(35)16-24)26-7-4-8-29-27(26)17-31(39-29)33-32-30(41-42-33)10-9-28(40-32)22-15-25(19-36-18-22)38-34(44)20-5-3-6-20/h4,7-10,13-20,34,37-39,44H,3,5-6,11-12H2,1-2H3,(H,41,42). The highest BCUT2D eigenvalue weighted by Crippen LogP contribution is 2.36. The number of halogens is 1. The van der Waals surface area contributed by atoms with E-state index in [4.69, 9.17) is 4.98 Å². The largest absolute Gasteiger partial charge is 0.384 e. The van der Waals surface area contributed by atoms with Gasteiger partial charge in [-0.2, -0.15) is 5.10 Å². The van der Waals surface area contributed by atoms with E-state index in [0.717, 1.165) is 93.7 Å². The Morgan fingerprint density at radius 2 is 1.86 bits per heavy atom. The van der Waals surface area contributed by atoms with Gasteiger partial charge in [0.2, 0.25) is 0 Å². The minimum absolute atomic E-state index is 0.283. The van der Waals surface area contributed by atoms with E-state index in [-0.39, 0.29) is 11.7 Å². The lowest BCUT2D eigenvalue weighted by Gasteiger charge is -2.31. The van der Waals surface area contributed by atoms with Gasteiger partial charge in [0.15, 0.2) is 0 Å². The number of aromatic nitrogens is 5. The second kappa shape index (κ2) is 11.7. The first kappa shape index (κ1) is 28.0. The van der Waals surface area contributed by atoms with Crippen molar-refractivity contribution in [1.82, 2.24) is 30.0 Å². The third kappa shape index (κ3) is 5.61. The molecule has 1 unspecified atom stereocenters. The van der Waals surface area contributed by atoms with Crippen LogP contribution in [0, 0.1) is 11.7 Å². The van der Waals surface area contributed by atoms with E-state index >= 15 is 0 Å². The first-order valence-corrected chi connectivity index (χ1v) is 15.0. The van der Waals surface area contributed by atoms with Gasteiger partial charge in [0.05, 0.1) is 28.8 Å². The van der Waals surface area contributed by atoms with Crippen molar-refractivity contribution < 1.29 is 9.50 Å². The summed E-state index contributed by atoms with van der Waals surface area (Å²) in [6.07, 6.45) is 6.15. The van der Waals surface area contributed by atoms with Crippen LogP contribution in [-0.4, -0.2) is 68.6 Å². The number of hydrogen-bond acceptors (Lipinski definition) is 7. The fourth-order valence-corrected chi connectivity index (χ4v) is 5.76. The summed E-state index contributed by atoms with van der Waals surface area (Å²) in [6.45, 7) is 1.56. The van der Waals surface area contributed by atoms with E-state index in [0.29, 0.717) is 5.69 Å². The summed E-state index contributed by atoms with van der Waals surface area (Å²) >= 11 is 0. The molecule has 10 heteroatoms. The van der Waals surface area contributed by atoms with Crippen LogP contribution in [0.2, 0.25) is 0 Å². The minimum Gasteiger partial charge on any atom is -0.384 e. The van der Waals surface area contributed by atoms with Crippen LogP contribution in [0.3, 0.4) is 0 Å². The van der Waals surface area contributed by atoms with Gasteiger partial charge >= 0.3 is 0 Å². The number of aliphatic hydroxyl groups excluding tert-OH is 1. The number of aliphatic hydroxyl groups is 1. The number of fused-ring (bicyclic) bond motifs is 2. The summed E-state index contributed by atoms with van der Waals surface area (Å²) in [5.74, 6) is -0.00453. The smallest absolute Gasteiger partial charge is 0.135 e. The number of hydrogen-bond donors (Lipinski definition) is 5. The molecular formula is C34H35FN8O. The van der Waals surface area contributed by atoms with Crippen LogP contribution >= 0.6 is 0 Å². The fourth-order valence-electron chi connectivity index (χ4n) is 5.76. The summed E-state index contributed by atoms with van der Waals surface area (Å²) in [5, 5.41) is 25.7. The molecular weight excluding hydrogens is 555 g/mol. The molecule has 44 heavy (non-hydrogen) atoms. The van der Waals surface area contributed by atoms with Gasteiger partial charge in [-0.15, -0.1) is 0 Å². The zero-order chi connectivity index (χ0) is 30.2. The Morgan fingerprint density at radius 1 is 1.00 bits per heavy atom. The van der Waals surface area contributed by atoms with Crippen LogP contribution in [0.1, 0.15) is 19.3 Å². The maximum Gasteiger partial charge on any atom is 0.135 e. The molecule has 1 fully saturated rings. The molecule has 0 radical (unpaired) electrons. The number of H-pyrrole nitrogens is 2. The average molecular weight is 591 g/mol. The molecule has 1 aliphatic carbocycles. The summed E-state index contributed by atoms with van der Waals surface area (Å²) in [7, 11) is 4.02. The predicted octanol–water partition coefficient (Wildman–Crippen LogP) is 6.48. The van der Waals surface area contributed by atoms with Gasteiger partial charge in [0.25, 0.3) is 0 Å². The second-order valence-corrected chi connectivity index (χ2v) is 11.8. The number of rotatable bonds is 10. The SMILES string of the molecule is CN(C)CCNc1cc(F)cc(-c2cccc3[nH]c(-c4n[nH]c5ccc(-c6cncc(NC(O)C7CCC7)c6)nc45)cc23)c1. The van der Waals surface area contributed by atoms with Crippen molar-refractivity contribution in [2.24, 2.45) is 5.92 Å². The van der Waals surface area contributed by atoms with Gasteiger partial charge in [-0.3, -0.25) is 10.1 Å². The highest BCUT2D eigenvalue weighted by molar-refractivity contribution is 6.00. The Kier molecular flexibility index (Phi) is 7.45. The van der Waals surface area contributed by atoms with Crippen LogP contribution < -0.4 is 10.6 Å². The van der Waals surface area contributed by atoms with Crippen molar-refractivity contribution in [2.75, 3.05) is 37.8 Å². The number of benzene rings is 2. The van der Waals surface area contributed by atoms with Crippen LogP contribution in [0.4, 0.5) is 15.8 Å². The number of pyridine rings is 2. The molecule has 0 amide bonds. The van der Waals surface area contributed by atoms with Gasteiger partial charge in [-0.25, -0.2) is 9.37 Å². The molecule has 224 valence electrons. The van der Waals surface area contributed by atoms with Crippen molar-refractivity contribution in [3.05, 3.63) is 78.9 Å². The van der Waals surface area contributed by atoms with E-state index in [1.807, 2.05) is 62.6 Å². The van der Waals surface area contributed by atoms with Crippen molar-refractivity contribution in [3.63, 3.8) is 0 Å². The van der Waals surface area contributed by atoms with Crippen molar-refractivity contribution in [1.29, 1.82) is 0 Å². The molecule has 9 nitrogen and oxygen atoms in total. The molecule has 0 saturated heterocycles. The number of likely N-dealkylation sites (N-methyl/N-ethyl adjacent to an activating group) is 1.